The maximum absolute atomic E-state index is 11.6. The minimum Gasteiger partial charge on any atom is -0.455 e. The van der Waals surface area contributed by atoms with Gasteiger partial charge in [0.2, 0.25) is 6.29 Å². The molecule has 0 aliphatic carbocycles. The van der Waals surface area contributed by atoms with Gasteiger partial charge in [0.1, 0.15) is 5.75 Å². The van der Waals surface area contributed by atoms with E-state index in [1.165, 1.54) is 0 Å². The van der Waals surface area contributed by atoms with Gasteiger partial charge >= 0.3 is 5.97 Å². The van der Waals surface area contributed by atoms with Gasteiger partial charge in [0, 0.05) is 6.92 Å². The van der Waals surface area contributed by atoms with E-state index in [1.54, 1.807) is 25.1 Å². The number of ether oxygens (including phenoxy) is 3. The van der Waals surface area contributed by atoms with Gasteiger partial charge in [-0.3, -0.25) is 0 Å². The van der Waals surface area contributed by atoms with Crippen LogP contribution in [0.2, 0.25) is 0 Å². The second kappa shape index (κ2) is 8.11. The van der Waals surface area contributed by atoms with Crippen molar-refractivity contribution < 1.29 is 19.0 Å². The quantitative estimate of drug-likeness (QED) is 0.237. The topological polar surface area (TPSA) is 44.8 Å². The maximum atomic E-state index is 11.6. The molecule has 1 unspecified atom stereocenters. The van der Waals surface area contributed by atoms with Crippen molar-refractivity contribution >= 4 is 5.97 Å². The number of carbonyl (C=O) groups is 1. The molecule has 4 heteroatoms. The van der Waals surface area contributed by atoms with Crippen LogP contribution in [0.25, 0.3) is 0 Å². The van der Waals surface area contributed by atoms with Crippen molar-refractivity contribution in [2.24, 2.45) is 0 Å². The fourth-order valence-electron chi connectivity index (χ4n) is 1.27. The first kappa shape index (κ1) is 15.0. The van der Waals surface area contributed by atoms with E-state index in [9.17, 15) is 4.79 Å². The van der Waals surface area contributed by atoms with E-state index >= 15 is 0 Å². The molecular weight excluding hydrogens is 244 g/mol. The molecule has 1 rings (SSSR count). The number of carbonyl (C=O) groups excluding carboxylic acids is 1. The van der Waals surface area contributed by atoms with Gasteiger partial charge in [-0.1, -0.05) is 30.9 Å². The van der Waals surface area contributed by atoms with Crippen LogP contribution in [0.1, 0.15) is 6.92 Å². The van der Waals surface area contributed by atoms with Crippen LogP contribution < -0.4 is 4.74 Å². The molecular formula is C15H18O4. The van der Waals surface area contributed by atoms with Crippen LogP contribution in [0.3, 0.4) is 0 Å². The highest BCUT2D eigenvalue weighted by atomic mass is 16.7. The predicted molar refractivity (Wildman–Crippen MR) is 72.8 cm³/mol. The van der Waals surface area contributed by atoms with E-state index in [0.29, 0.717) is 12.4 Å². The fraction of sp³-hybridized carbons (Fsp3) is 0.267. The van der Waals surface area contributed by atoms with Crippen molar-refractivity contribution in [2.45, 2.75) is 13.2 Å². The van der Waals surface area contributed by atoms with E-state index < -0.39 is 12.3 Å². The summed E-state index contributed by atoms with van der Waals surface area (Å²) in [7, 11) is 0. The van der Waals surface area contributed by atoms with Crippen LogP contribution in [0.4, 0.5) is 0 Å². The van der Waals surface area contributed by atoms with E-state index in [4.69, 9.17) is 14.2 Å². The molecule has 1 atom stereocenters. The van der Waals surface area contributed by atoms with Crippen molar-refractivity contribution in [3.05, 3.63) is 55.1 Å². The molecule has 19 heavy (non-hydrogen) atoms. The summed E-state index contributed by atoms with van der Waals surface area (Å²) in [5.41, 5.74) is 0.241. The Bertz CT molecular complexity index is 425. The number of hydrogen-bond acceptors (Lipinski definition) is 4. The highest BCUT2D eigenvalue weighted by Crippen LogP contribution is 2.12. The van der Waals surface area contributed by atoms with E-state index in [-0.39, 0.29) is 12.2 Å². The first-order valence-electron chi connectivity index (χ1n) is 5.92. The van der Waals surface area contributed by atoms with Crippen molar-refractivity contribution in [1.82, 2.24) is 0 Å². The molecule has 0 aromatic heterocycles. The molecule has 0 bridgehead atoms. The zero-order chi connectivity index (χ0) is 14.1. The summed E-state index contributed by atoms with van der Waals surface area (Å²) in [6.07, 6.45) is 0.908. The van der Waals surface area contributed by atoms with Crippen LogP contribution in [0, 0.1) is 0 Å². The number of benzene rings is 1. The van der Waals surface area contributed by atoms with Crippen LogP contribution in [0.15, 0.2) is 55.1 Å². The highest BCUT2D eigenvalue weighted by molar-refractivity contribution is 5.88. The summed E-state index contributed by atoms with van der Waals surface area (Å²) in [5.74, 6) is 0.101. The Balaban J connectivity index is 2.35. The number of hydrogen-bond donors (Lipinski definition) is 0. The molecule has 102 valence electrons. The van der Waals surface area contributed by atoms with Crippen molar-refractivity contribution in [2.75, 3.05) is 13.2 Å². The maximum Gasteiger partial charge on any atom is 0.338 e. The third-order valence-corrected chi connectivity index (χ3v) is 2.12. The van der Waals surface area contributed by atoms with Gasteiger partial charge in [0.25, 0.3) is 0 Å². The Labute approximate surface area is 113 Å². The molecule has 0 saturated heterocycles. The lowest BCUT2D eigenvalue weighted by Gasteiger charge is -2.16. The molecule has 0 amide bonds. The average Bonchev–Trinajstić information content (AvgIpc) is 2.39. The standard InChI is InChI=1S/C15H18O4/c1-4-10-17-11-12(2)15(16)19-13(3)18-14-8-6-5-7-9-14/h4-9,13H,1-2,10-11H2,3H3. The summed E-state index contributed by atoms with van der Waals surface area (Å²) in [5, 5.41) is 0. The Kier molecular flexibility index (Phi) is 6.39. The molecule has 4 nitrogen and oxygen atoms in total. The Hall–Kier alpha value is -2.07. The molecule has 1 aromatic rings. The van der Waals surface area contributed by atoms with Crippen LogP contribution in [-0.4, -0.2) is 25.5 Å². The van der Waals surface area contributed by atoms with Crippen molar-refractivity contribution in [3.63, 3.8) is 0 Å². The molecule has 1 aromatic carbocycles. The zero-order valence-corrected chi connectivity index (χ0v) is 11.0. The van der Waals surface area contributed by atoms with Gasteiger partial charge in [-0.25, -0.2) is 4.79 Å². The minimum atomic E-state index is -0.689. The van der Waals surface area contributed by atoms with Crippen molar-refractivity contribution in [1.29, 1.82) is 0 Å². The van der Waals surface area contributed by atoms with Crippen molar-refractivity contribution in [3.8, 4) is 5.75 Å². The number of rotatable bonds is 8. The largest absolute Gasteiger partial charge is 0.455 e. The molecule has 0 aliphatic rings. The van der Waals surface area contributed by atoms with E-state index in [0.717, 1.165) is 0 Å². The van der Waals surface area contributed by atoms with Gasteiger partial charge in [0.05, 0.1) is 18.8 Å². The number of para-hydroxylation sites is 1. The Morgan fingerprint density at radius 3 is 2.68 bits per heavy atom. The molecule has 0 heterocycles. The fourth-order valence-corrected chi connectivity index (χ4v) is 1.27. The Morgan fingerprint density at radius 1 is 1.37 bits per heavy atom. The molecule has 0 spiro atoms. The third-order valence-electron chi connectivity index (χ3n) is 2.12. The molecule has 0 N–H and O–H groups in total. The van der Waals surface area contributed by atoms with Gasteiger partial charge < -0.3 is 14.2 Å². The lowest BCUT2D eigenvalue weighted by molar-refractivity contribution is -0.156. The number of esters is 1. The van der Waals surface area contributed by atoms with E-state index in [2.05, 4.69) is 13.2 Å². The predicted octanol–water partition coefficient (Wildman–Crippen LogP) is 2.71. The molecule has 0 aliphatic heterocycles. The SMILES string of the molecule is C=CCOCC(=C)C(=O)OC(C)Oc1ccccc1. The van der Waals surface area contributed by atoms with Gasteiger partial charge in [0.15, 0.2) is 0 Å². The lowest BCUT2D eigenvalue weighted by atomic mass is 10.3. The van der Waals surface area contributed by atoms with Crippen LogP contribution in [0.5, 0.6) is 5.75 Å². The molecule has 0 radical (unpaired) electrons. The summed E-state index contributed by atoms with van der Waals surface area (Å²) < 4.78 is 15.6. The van der Waals surface area contributed by atoms with Gasteiger partial charge in [-0.2, -0.15) is 0 Å². The minimum absolute atomic E-state index is 0.114. The summed E-state index contributed by atoms with van der Waals surface area (Å²) in [4.78, 5) is 11.6. The zero-order valence-electron chi connectivity index (χ0n) is 11.0. The summed E-state index contributed by atoms with van der Waals surface area (Å²) in [6, 6.07) is 9.12. The lowest BCUT2D eigenvalue weighted by Crippen LogP contribution is -2.23. The first-order valence-corrected chi connectivity index (χ1v) is 5.92. The smallest absolute Gasteiger partial charge is 0.338 e. The second-order valence-electron chi connectivity index (χ2n) is 3.81. The van der Waals surface area contributed by atoms with Crippen LogP contribution >= 0.6 is 0 Å². The Morgan fingerprint density at radius 2 is 2.05 bits per heavy atom. The first-order chi connectivity index (χ1) is 9.13. The monoisotopic (exact) mass is 262 g/mol. The van der Waals surface area contributed by atoms with Gasteiger partial charge in [-0.05, 0) is 12.1 Å². The average molecular weight is 262 g/mol. The van der Waals surface area contributed by atoms with Gasteiger partial charge in [-0.15, -0.1) is 6.58 Å². The highest BCUT2D eigenvalue weighted by Gasteiger charge is 2.14. The summed E-state index contributed by atoms with van der Waals surface area (Å²) in [6.45, 7) is 9.22. The second-order valence-corrected chi connectivity index (χ2v) is 3.81. The normalized spacial score (nSPS) is 11.4. The third kappa shape index (κ3) is 5.88. The van der Waals surface area contributed by atoms with Crippen LogP contribution in [-0.2, 0) is 14.3 Å². The molecule has 0 fully saturated rings. The summed E-state index contributed by atoms with van der Waals surface area (Å²) >= 11 is 0. The van der Waals surface area contributed by atoms with E-state index in [1.807, 2.05) is 18.2 Å². The molecule has 0 saturated carbocycles.